The lowest BCUT2D eigenvalue weighted by molar-refractivity contribution is -0.453. The Hall–Kier alpha value is -1.44. The third-order valence-electron chi connectivity index (χ3n) is 3.79. The Morgan fingerprint density at radius 3 is 2.79 bits per heavy atom. The highest BCUT2D eigenvalue weighted by atomic mass is 15.0. The van der Waals surface area contributed by atoms with Crippen LogP contribution in [0.4, 0.5) is 0 Å². The van der Waals surface area contributed by atoms with Crippen LogP contribution < -0.4 is 0 Å². The molecule has 102 valence electrons. The zero-order chi connectivity index (χ0) is 13.3. The summed E-state index contributed by atoms with van der Waals surface area (Å²) in [7, 11) is 0. The maximum Gasteiger partial charge on any atom is 0.164 e. The summed E-state index contributed by atoms with van der Waals surface area (Å²) >= 11 is 0. The third kappa shape index (κ3) is 4.62. The molecular formula is C17H25N2+. The fourth-order valence-electron chi connectivity index (χ4n) is 2.57. The highest BCUT2D eigenvalue weighted by molar-refractivity contribution is 5.54. The molecule has 0 saturated carbocycles. The molecule has 1 aliphatic heterocycles. The van der Waals surface area contributed by atoms with E-state index in [-0.39, 0.29) is 0 Å². The van der Waals surface area contributed by atoms with Crippen molar-refractivity contribution in [1.29, 1.82) is 0 Å². The second-order valence-electron chi connectivity index (χ2n) is 5.31. The van der Waals surface area contributed by atoms with E-state index in [0.717, 1.165) is 12.8 Å². The van der Waals surface area contributed by atoms with Crippen LogP contribution in [0.25, 0.3) is 0 Å². The van der Waals surface area contributed by atoms with Crippen molar-refractivity contribution in [1.82, 2.24) is 4.98 Å². The van der Waals surface area contributed by atoms with Gasteiger partial charge in [0.25, 0.3) is 0 Å². The normalized spacial score (nSPS) is 19.0. The molecule has 0 saturated heterocycles. The van der Waals surface area contributed by atoms with Gasteiger partial charge in [-0.2, -0.15) is 0 Å². The largest absolute Gasteiger partial charge is 0.265 e. The third-order valence-corrected chi connectivity index (χ3v) is 3.79. The summed E-state index contributed by atoms with van der Waals surface area (Å²) in [6.07, 6.45) is 18.3. The second kappa shape index (κ2) is 7.88. The van der Waals surface area contributed by atoms with Gasteiger partial charge in [0.1, 0.15) is 12.8 Å². The van der Waals surface area contributed by atoms with Gasteiger partial charge in [-0.05, 0) is 42.5 Å². The minimum absolute atomic E-state index is 0.611. The standard InChI is InChI=1S/C17H25N2/c1-2-3-4-5-13-19-14-6-7-16(10-15-19)17-8-11-18-12-9-17/h6,8-9,11-12,14-16H,2-5,7,10,13H2,1H3/q+1/t16-/m1/s1. The number of pyridine rings is 1. The van der Waals surface area contributed by atoms with Crippen LogP contribution in [0.15, 0.2) is 36.8 Å². The number of allylic oxidation sites excluding steroid dienone is 1. The van der Waals surface area contributed by atoms with E-state index in [2.05, 4.69) is 47.1 Å². The second-order valence-corrected chi connectivity index (χ2v) is 5.31. The van der Waals surface area contributed by atoms with Gasteiger partial charge in [-0.15, -0.1) is 0 Å². The highest BCUT2D eigenvalue weighted by Gasteiger charge is 2.14. The molecule has 2 rings (SSSR count). The Kier molecular flexibility index (Phi) is 5.80. The van der Waals surface area contributed by atoms with Crippen molar-refractivity contribution in [2.45, 2.75) is 51.4 Å². The fourth-order valence-corrected chi connectivity index (χ4v) is 2.57. The first kappa shape index (κ1) is 14.0. The van der Waals surface area contributed by atoms with E-state index in [1.807, 2.05) is 12.4 Å². The molecule has 2 nitrogen and oxygen atoms in total. The van der Waals surface area contributed by atoms with Crippen molar-refractivity contribution in [3.63, 3.8) is 0 Å². The topological polar surface area (TPSA) is 15.9 Å². The molecule has 0 bridgehead atoms. The van der Waals surface area contributed by atoms with Gasteiger partial charge >= 0.3 is 0 Å². The van der Waals surface area contributed by atoms with Gasteiger partial charge < -0.3 is 0 Å². The summed E-state index contributed by atoms with van der Waals surface area (Å²) < 4.78 is 2.37. The van der Waals surface area contributed by atoms with Gasteiger partial charge in [0, 0.05) is 25.2 Å². The first-order valence-electron chi connectivity index (χ1n) is 7.56. The predicted molar refractivity (Wildman–Crippen MR) is 80.7 cm³/mol. The SMILES string of the molecule is CCCCCC[N+]1=CC[C@H](c2ccncc2)CC=C1. The summed E-state index contributed by atoms with van der Waals surface area (Å²) in [6.45, 7) is 3.43. The molecule has 0 amide bonds. The summed E-state index contributed by atoms with van der Waals surface area (Å²) in [5, 5.41) is 0. The van der Waals surface area contributed by atoms with Crippen LogP contribution in [0.2, 0.25) is 0 Å². The van der Waals surface area contributed by atoms with Crippen molar-refractivity contribution < 1.29 is 4.58 Å². The molecule has 2 heterocycles. The molecule has 1 aromatic rings. The lowest BCUT2D eigenvalue weighted by Crippen LogP contribution is -2.08. The van der Waals surface area contributed by atoms with E-state index in [0.29, 0.717) is 5.92 Å². The molecule has 0 spiro atoms. The Bertz CT molecular complexity index is 420. The van der Waals surface area contributed by atoms with Crippen LogP contribution in [0, 0.1) is 0 Å². The Morgan fingerprint density at radius 2 is 2.00 bits per heavy atom. The van der Waals surface area contributed by atoms with E-state index in [4.69, 9.17) is 0 Å². The highest BCUT2D eigenvalue weighted by Crippen LogP contribution is 2.23. The zero-order valence-corrected chi connectivity index (χ0v) is 12.0. The smallest absolute Gasteiger partial charge is 0.164 e. The molecule has 1 aromatic heterocycles. The lowest BCUT2D eigenvalue weighted by Gasteiger charge is -2.09. The van der Waals surface area contributed by atoms with Gasteiger partial charge in [0.2, 0.25) is 0 Å². The van der Waals surface area contributed by atoms with Gasteiger partial charge in [-0.25, -0.2) is 4.58 Å². The molecular weight excluding hydrogens is 232 g/mol. The van der Waals surface area contributed by atoms with Crippen LogP contribution in [0.1, 0.15) is 56.9 Å². The van der Waals surface area contributed by atoms with Gasteiger partial charge in [0.15, 0.2) is 6.20 Å². The average Bonchev–Trinajstić information content (AvgIpc) is 2.70. The number of nitrogens with zero attached hydrogens (tertiary/aromatic N) is 2. The van der Waals surface area contributed by atoms with Crippen LogP contribution >= 0.6 is 0 Å². The van der Waals surface area contributed by atoms with Crippen molar-refractivity contribution in [2.24, 2.45) is 0 Å². The maximum atomic E-state index is 4.10. The quantitative estimate of drug-likeness (QED) is 0.552. The zero-order valence-electron chi connectivity index (χ0n) is 12.0. The van der Waals surface area contributed by atoms with E-state index < -0.39 is 0 Å². The maximum absolute atomic E-state index is 4.10. The molecule has 0 radical (unpaired) electrons. The number of hydrogen-bond donors (Lipinski definition) is 0. The summed E-state index contributed by atoms with van der Waals surface area (Å²) in [4.78, 5) is 4.10. The van der Waals surface area contributed by atoms with Crippen molar-refractivity contribution in [3.05, 3.63) is 42.4 Å². The summed E-state index contributed by atoms with van der Waals surface area (Å²) in [5.74, 6) is 0.611. The molecule has 0 aliphatic carbocycles. The van der Waals surface area contributed by atoms with Crippen LogP contribution in [-0.4, -0.2) is 22.3 Å². The molecule has 1 aliphatic rings. The molecule has 0 fully saturated rings. The van der Waals surface area contributed by atoms with Gasteiger partial charge in [0.05, 0.1) is 0 Å². The lowest BCUT2D eigenvalue weighted by atomic mass is 9.94. The minimum atomic E-state index is 0.611. The average molecular weight is 257 g/mol. The monoisotopic (exact) mass is 257 g/mol. The fraction of sp³-hybridized carbons (Fsp3) is 0.529. The Morgan fingerprint density at radius 1 is 1.16 bits per heavy atom. The minimum Gasteiger partial charge on any atom is -0.265 e. The van der Waals surface area contributed by atoms with E-state index >= 15 is 0 Å². The number of hydrogen-bond acceptors (Lipinski definition) is 1. The molecule has 19 heavy (non-hydrogen) atoms. The predicted octanol–water partition coefficient (Wildman–Crippen LogP) is 4.14. The molecule has 0 aromatic carbocycles. The van der Waals surface area contributed by atoms with Gasteiger partial charge in [-0.1, -0.05) is 19.8 Å². The molecule has 0 unspecified atom stereocenters. The molecule has 0 N–H and O–H groups in total. The summed E-state index contributed by atoms with van der Waals surface area (Å²) in [6, 6.07) is 4.28. The van der Waals surface area contributed by atoms with Gasteiger partial charge in [-0.3, -0.25) is 4.98 Å². The summed E-state index contributed by atoms with van der Waals surface area (Å²) in [5.41, 5.74) is 1.41. The number of unbranched alkanes of at least 4 members (excludes halogenated alkanes) is 3. The molecule has 1 atom stereocenters. The first-order valence-corrected chi connectivity index (χ1v) is 7.56. The Balaban J connectivity index is 1.87. The Labute approximate surface area is 116 Å². The van der Waals surface area contributed by atoms with Crippen molar-refractivity contribution in [2.75, 3.05) is 6.54 Å². The van der Waals surface area contributed by atoms with E-state index in [1.54, 1.807) is 0 Å². The first-order chi connectivity index (χ1) is 9.40. The van der Waals surface area contributed by atoms with Crippen molar-refractivity contribution >= 4 is 6.21 Å². The van der Waals surface area contributed by atoms with E-state index in [1.165, 1.54) is 37.8 Å². The van der Waals surface area contributed by atoms with Crippen LogP contribution in [-0.2, 0) is 0 Å². The van der Waals surface area contributed by atoms with E-state index in [9.17, 15) is 0 Å². The number of rotatable bonds is 6. The van der Waals surface area contributed by atoms with Crippen LogP contribution in [0.3, 0.4) is 0 Å². The van der Waals surface area contributed by atoms with Crippen molar-refractivity contribution in [3.8, 4) is 0 Å². The number of aromatic nitrogens is 1. The van der Waals surface area contributed by atoms with Crippen LogP contribution in [0.5, 0.6) is 0 Å². The molecule has 2 heteroatoms.